The van der Waals surface area contributed by atoms with E-state index in [1.807, 2.05) is 0 Å². The van der Waals surface area contributed by atoms with Crippen LogP contribution < -0.4 is 11.1 Å². The highest BCUT2D eigenvalue weighted by Gasteiger charge is 2.38. The summed E-state index contributed by atoms with van der Waals surface area (Å²) in [7, 11) is 0. The van der Waals surface area contributed by atoms with Gasteiger partial charge in [-0.3, -0.25) is 9.69 Å². The Bertz CT molecular complexity index is 331. The van der Waals surface area contributed by atoms with Gasteiger partial charge in [0.25, 0.3) is 0 Å². The van der Waals surface area contributed by atoms with E-state index in [0.717, 1.165) is 32.2 Å². The second-order valence-electron chi connectivity index (χ2n) is 7.31. The minimum atomic E-state index is -0.287. The molecule has 1 aliphatic heterocycles. The zero-order valence-electron chi connectivity index (χ0n) is 13.9. The Hall–Kier alpha value is -0.610. The molecule has 1 atom stereocenters. The Morgan fingerprint density at radius 3 is 2.29 bits per heavy atom. The lowest BCUT2D eigenvalue weighted by molar-refractivity contribution is -0.132. The number of carbonyl (C=O) groups excluding carboxylic acids is 1. The number of hydrogen-bond acceptors (Lipinski definition) is 3. The smallest absolute Gasteiger partial charge is 0.227 e. The van der Waals surface area contributed by atoms with Crippen molar-refractivity contribution in [2.45, 2.75) is 64.8 Å². The molecule has 4 heteroatoms. The van der Waals surface area contributed by atoms with Crippen molar-refractivity contribution in [2.24, 2.45) is 17.1 Å². The molecular formula is C17H33N3O. The zero-order chi connectivity index (χ0) is 15.3. The van der Waals surface area contributed by atoms with Gasteiger partial charge in [-0.05, 0) is 44.7 Å². The largest absolute Gasteiger partial charge is 0.354 e. The molecule has 1 saturated heterocycles. The monoisotopic (exact) mass is 295 g/mol. The topological polar surface area (TPSA) is 58.4 Å². The number of likely N-dealkylation sites (tertiary alicyclic amines) is 1. The molecular weight excluding hydrogens is 262 g/mol. The van der Waals surface area contributed by atoms with E-state index in [0.29, 0.717) is 18.5 Å². The summed E-state index contributed by atoms with van der Waals surface area (Å²) in [5.41, 5.74) is 5.67. The van der Waals surface area contributed by atoms with Gasteiger partial charge in [0.15, 0.2) is 0 Å². The molecule has 1 aliphatic carbocycles. The molecule has 2 rings (SSSR count). The minimum Gasteiger partial charge on any atom is -0.354 e. The number of nitrogens with two attached hydrogens (primary N) is 1. The maximum atomic E-state index is 12.7. The highest BCUT2D eigenvalue weighted by atomic mass is 16.2. The Morgan fingerprint density at radius 1 is 1.14 bits per heavy atom. The number of nitrogens with zero attached hydrogens (tertiary/aromatic N) is 1. The highest BCUT2D eigenvalue weighted by molar-refractivity contribution is 5.83. The van der Waals surface area contributed by atoms with Gasteiger partial charge in [0.2, 0.25) is 5.91 Å². The summed E-state index contributed by atoms with van der Waals surface area (Å²) < 4.78 is 0. The van der Waals surface area contributed by atoms with Crippen LogP contribution in [0.1, 0.15) is 58.8 Å². The SMILES string of the molecule is CC(C)C(CNC(=O)C1(CN)CCCCC1)N1CCCC1. The van der Waals surface area contributed by atoms with E-state index in [-0.39, 0.29) is 11.3 Å². The van der Waals surface area contributed by atoms with Crippen LogP contribution in [0.3, 0.4) is 0 Å². The second-order valence-corrected chi connectivity index (χ2v) is 7.31. The average Bonchev–Trinajstić information content (AvgIpc) is 3.01. The Labute approximate surface area is 129 Å². The molecule has 4 nitrogen and oxygen atoms in total. The fourth-order valence-electron chi connectivity index (χ4n) is 4.00. The third kappa shape index (κ3) is 3.98. The van der Waals surface area contributed by atoms with E-state index in [2.05, 4.69) is 24.1 Å². The standard InChI is InChI=1S/C17H33N3O/c1-14(2)15(20-10-6-7-11-20)12-19-16(21)17(13-18)8-4-3-5-9-17/h14-15H,3-13,18H2,1-2H3,(H,19,21). The second kappa shape index (κ2) is 7.59. The molecule has 3 N–H and O–H groups in total. The molecule has 1 heterocycles. The minimum absolute atomic E-state index is 0.203. The quantitative estimate of drug-likeness (QED) is 0.789. The van der Waals surface area contributed by atoms with Crippen LogP contribution in [-0.2, 0) is 4.79 Å². The van der Waals surface area contributed by atoms with Crippen molar-refractivity contribution in [3.63, 3.8) is 0 Å². The molecule has 0 radical (unpaired) electrons. The molecule has 0 spiro atoms. The van der Waals surface area contributed by atoms with Crippen molar-refractivity contribution in [3.8, 4) is 0 Å². The Morgan fingerprint density at radius 2 is 1.76 bits per heavy atom. The van der Waals surface area contributed by atoms with Gasteiger partial charge in [-0.1, -0.05) is 33.1 Å². The Kier molecular flexibility index (Phi) is 6.06. The summed E-state index contributed by atoms with van der Waals surface area (Å²) in [5.74, 6) is 0.776. The normalized spacial score (nSPS) is 24.2. The lowest BCUT2D eigenvalue weighted by Crippen LogP contribution is -2.52. The summed E-state index contributed by atoms with van der Waals surface area (Å²) in [4.78, 5) is 15.2. The van der Waals surface area contributed by atoms with E-state index in [1.165, 1.54) is 32.4 Å². The van der Waals surface area contributed by atoms with Crippen molar-refractivity contribution in [1.82, 2.24) is 10.2 Å². The van der Waals surface area contributed by atoms with Gasteiger partial charge in [-0.2, -0.15) is 0 Å². The summed E-state index contributed by atoms with van der Waals surface area (Å²) in [6.07, 6.45) is 8.05. The number of carbonyl (C=O) groups is 1. The molecule has 2 fully saturated rings. The first-order valence-electron chi connectivity index (χ1n) is 8.81. The van der Waals surface area contributed by atoms with E-state index in [1.54, 1.807) is 0 Å². The van der Waals surface area contributed by atoms with Gasteiger partial charge in [0.1, 0.15) is 0 Å². The van der Waals surface area contributed by atoms with Gasteiger partial charge >= 0.3 is 0 Å². The van der Waals surface area contributed by atoms with Crippen LogP contribution in [0.25, 0.3) is 0 Å². The molecule has 0 aromatic rings. The number of amides is 1. The van der Waals surface area contributed by atoms with Crippen molar-refractivity contribution < 1.29 is 4.79 Å². The Balaban J connectivity index is 1.91. The summed E-state index contributed by atoms with van der Waals surface area (Å²) in [6, 6.07) is 0.467. The van der Waals surface area contributed by atoms with Crippen molar-refractivity contribution in [2.75, 3.05) is 26.2 Å². The maximum absolute atomic E-state index is 12.7. The molecule has 2 aliphatic rings. The molecule has 21 heavy (non-hydrogen) atoms. The fourth-order valence-corrected chi connectivity index (χ4v) is 4.00. The van der Waals surface area contributed by atoms with Crippen LogP contribution in [0.5, 0.6) is 0 Å². The first kappa shape index (κ1) is 16.8. The zero-order valence-corrected chi connectivity index (χ0v) is 13.9. The lowest BCUT2D eigenvalue weighted by atomic mass is 9.73. The van der Waals surface area contributed by atoms with Gasteiger partial charge in [0.05, 0.1) is 5.41 Å². The van der Waals surface area contributed by atoms with Crippen LogP contribution in [0.2, 0.25) is 0 Å². The molecule has 0 aromatic heterocycles. The van der Waals surface area contributed by atoms with Crippen LogP contribution in [0.4, 0.5) is 0 Å². The molecule has 0 bridgehead atoms. The molecule has 1 saturated carbocycles. The van der Waals surface area contributed by atoms with E-state index >= 15 is 0 Å². The molecule has 1 amide bonds. The van der Waals surface area contributed by atoms with Crippen molar-refractivity contribution in [3.05, 3.63) is 0 Å². The van der Waals surface area contributed by atoms with E-state index < -0.39 is 0 Å². The fraction of sp³-hybridized carbons (Fsp3) is 0.941. The molecule has 0 aromatic carbocycles. The summed E-state index contributed by atoms with van der Waals surface area (Å²) in [6.45, 7) is 8.15. The average molecular weight is 295 g/mol. The maximum Gasteiger partial charge on any atom is 0.227 e. The number of nitrogens with one attached hydrogen (secondary N) is 1. The number of rotatable bonds is 6. The first-order valence-corrected chi connectivity index (χ1v) is 8.81. The third-order valence-electron chi connectivity index (χ3n) is 5.53. The molecule has 1 unspecified atom stereocenters. The predicted octanol–water partition coefficient (Wildman–Crippen LogP) is 2.13. The summed E-state index contributed by atoms with van der Waals surface area (Å²) >= 11 is 0. The van der Waals surface area contributed by atoms with Crippen LogP contribution in [-0.4, -0.2) is 43.0 Å². The van der Waals surface area contributed by atoms with E-state index in [4.69, 9.17) is 5.73 Å². The van der Waals surface area contributed by atoms with Crippen LogP contribution >= 0.6 is 0 Å². The van der Waals surface area contributed by atoms with Gasteiger partial charge in [-0.15, -0.1) is 0 Å². The van der Waals surface area contributed by atoms with Gasteiger partial charge in [0, 0.05) is 19.1 Å². The highest BCUT2D eigenvalue weighted by Crippen LogP contribution is 2.35. The first-order chi connectivity index (χ1) is 10.1. The third-order valence-corrected chi connectivity index (χ3v) is 5.53. The van der Waals surface area contributed by atoms with Gasteiger partial charge in [-0.25, -0.2) is 0 Å². The van der Waals surface area contributed by atoms with Crippen LogP contribution in [0, 0.1) is 11.3 Å². The van der Waals surface area contributed by atoms with Crippen LogP contribution in [0.15, 0.2) is 0 Å². The van der Waals surface area contributed by atoms with E-state index in [9.17, 15) is 4.79 Å². The van der Waals surface area contributed by atoms with Crippen molar-refractivity contribution >= 4 is 5.91 Å². The number of hydrogen-bond donors (Lipinski definition) is 2. The van der Waals surface area contributed by atoms with Gasteiger partial charge < -0.3 is 11.1 Å². The molecule has 122 valence electrons. The summed E-state index contributed by atoms with van der Waals surface area (Å²) in [5, 5.41) is 3.24. The van der Waals surface area contributed by atoms with Crippen molar-refractivity contribution in [1.29, 1.82) is 0 Å². The lowest BCUT2D eigenvalue weighted by Gasteiger charge is -2.36. The predicted molar refractivity (Wildman–Crippen MR) is 87.0 cm³/mol.